The number of nitrogens with zero attached hydrogens (tertiary/aromatic N) is 3. The average Bonchev–Trinajstić information content (AvgIpc) is 3.22. The van der Waals surface area contributed by atoms with Gasteiger partial charge < -0.3 is 15.7 Å². The summed E-state index contributed by atoms with van der Waals surface area (Å²) < 4.78 is 1.91. The fraction of sp³-hybridized carbons (Fsp3) is 0.238. The molecule has 3 N–H and O–H groups in total. The minimum absolute atomic E-state index is 0.00288. The van der Waals surface area contributed by atoms with Crippen LogP contribution >= 0.6 is 11.6 Å². The number of hydrogen-bond acceptors (Lipinski definition) is 3. The zero-order valence-corrected chi connectivity index (χ0v) is 16.5. The summed E-state index contributed by atoms with van der Waals surface area (Å²) in [5.74, 6) is 0.948. The van der Waals surface area contributed by atoms with Gasteiger partial charge in [-0.1, -0.05) is 35.9 Å². The summed E-state index contributed by atoms with van der Waals surface area (Å²) in [5, 5.41) is 21.4. The molecule has 0 fully saturated rings. The predicted molar refractivity (Wildman–Crippen MR) is 113 cm³/mol. The second kappa shape index (κ2) is 9.80. The molecule has 0 aliphatic rings. The van der Waals surface area contributed by atoms with Crippen LogP contribution in [-0.4, -0.2) is 33.9 Å². The first-order valence-electron chi connectivity index (χ1n) is 9.20. The number of aromatic nitrogens is 2. The summed E-state index contributed by atoms with van der Waals surface area (Å²) in [5.41, 5.74) is 2.04. The monoisotopic (exact) mass is 397 g/mol. The van der Waals surface area contributed by atoms with Gasteiger partial charge in [0.1, 0.15) is 5.75 Å². The van der Waals surface area contributed by atoms with Crippen LogP contribution in [0.15, 0.2) is 72.0 Å². The van der Waals surface area contributed by atoms with E-state index in [9.17, 15) is 5.11 Å². The first kappa shape index (κ1) is 19.8. The van der Waals surface area contributed by atoms with Crippen molar-refractivity contribution in [3.05, 3.63) is 83.1 Å². The van der Waals surface area contributed by atoms with Crippen LogP contribution in [0.25, 0.3) is 0 Å². The smallest absolute Gasteiger partial charge is 0.191 e. The first-order valence-corrected chi connectivity index (χ1v) is 9.58. The highest BCUT2D eigenvalue weighted by atomic mass is 35.5. The van der Waals surface area contributed by atoms with Crippen molar-refractivity contribution in [2.45, 2.75) is 19.5 Å². The van der Waals surface area contributed by atoms with E-state index in [1.54, 1.807) is 18.3 Å². The summed E-state index contributed by atoms with van der Waals surface area (Å²) in [7, 11) is 0. The van der Waals surface area contributed by atoms with Gasteiger partial charge in [0.05, 0.1) is 12.6 Å². The Morgan fingerprint density at radius 3 is 2.68 bits per heavy atom. The third kappa shape index (κ3) is 5.50. The zero-order chi connectivity index (χ0) is 19.8. The Kier molecular flexibility index (Phi) is 6.92. The van der Waals surface area contributed by atoms with Crippen LogP contribution in [0, 0.1) is 0 Å². The number of phenolic OH excluding ortho intramolecular Hbond substituents is 1. The van der Waals surface area contributed by atoms with Crippen molar-refractivity contribution in [3.8, 4) is 5.75 Å². The van der Waals surface area contributed by atoms with E-state index in [1.165, 1.54) is 0 Å². The van der Waals surface area contributed by atoms with Gasteiger partial charge in [0.25, 0.3) is 0 Å². The molecule has 0 bridgehead atoms. The van der Waals surface area contributed by atoms with Gasteiger partial charge in [0, 0.05) is 30.5 Å². The summed E-state index contributed by atoms with van der Waals surface area (Å²) in [6.45, 7) is 3.85. The molecule has 0 saturated carbocycles. The maximum atomic E-state index is 9.61. The van der Waals surface area contributed by atoms with E-state index < -0.39 is 0 Å². The minimum atomic E-state index is -0.00288. The summed E-state index contributed by atoms with van der Waals surface area (Å²) in [4.78, 5) is 4.62. The molecule has 1 unspecified atom stereocenters. The summed E-state index contributed by atoms with van der Waals surface area (Å²) in [6.07, 6.45) is 3.71. The zero-order valence-electron chi connectivity index (χ0n) is 15.7. The quantitative estimate of drug-likeness (QED) is 0.420. The van der Waals surface area contributed by atoms with Gasteiger partial charge in [-0.25, -0.2) is 4.99 Å². The Morgan fingerprint density at radius 1 is 1.18 bits per heavy atom. The number of benzene rings is 2. The topological polar surface area (TPSA) is 74.5 Å². The van der Waals surface area contributed by atoms with E-state index in [4.69, 9.17) is 11.6 Å². The van der Waals surface area contributed by atoms with Gasteiger partial charge in [0.15, 0.2) is 5.96 Å². The lowest BCUT2D eigenvalue weighted by Gasteiger charge is -2.20. The molecular weight excluding hydrogens is 374 g/mol. The Balaban J connectivity index is 1.73. The lowest BCUT2D eigenvalue weighted by molar-refractivity contribution is 0.474. The van der Waals surface area contributed by atoms with E-state index in [0.717, 1.165) is 17.7 Å². The number of aliphatic imine (C=N–C) groups is 1. The second-order valence-electron chi connectivity index (χ2n) is 6.30. The number of phenols is 1. The molecule has 1 heterocycles. The summed E-state index contributed by atoms with van der Waals surface area (Å²) >= 11 is 6.04. The molecule has 0 aliphatic carbocycles. The number of guanidine groups is 1. The van der Waals surface area contributed by atoms with Gasteiger partial charge in [-0.15, -0.1) is 0 Å². The highest BCUT2D eigenvalue weighted by Crippen LogP contribution is 2.19. The average molecular weight is 398 g/mol. The molecule has 6 nitrogen and oxygen atoms in total. The highest BCUT2D eigenvalue weighted by molar-refractivity contribution is 6.30. The van der Waals surface area contributed by atoms with Crippen LogP contribution in [-0.2, 0) is 6.54 Å². The third-order valence-corrected chi connectivity index (χ3v) is 4.49. The van der Waals surface area contributed by atoms with Crippen molar-refractivity contribution >= 4 is 17.6 Å². The Labute approximate surface area is 169 Å². The number of aromatic hydroxyl groups is 1. The van der Waals surface area contributed by atoms with Crippen LogP contribution in [0.3, 0.4) is 0 Å². The van der Waals surface area contributed by atoms with E-state index in [0.29, 0.717) is 24.1 Å². The van der Waals surface area contributed by atoms with Crippen molar-refractivity contribution in [1.29, 1.82) is 0 Å². The number of hydrogen-bond donors (Lipinski definition) is 3. The van der Waals surface area contributed by atoms with Crippen molar-refractivity contribution in [3.63, 3.8) is 0 Å². The van der Waals surface area contributed by atoms with Crippen LogP contribution in [0.1, 0.15) is 24.1 Å². The molecule has 1 aromatic heterocycles. The normalized spacial score (nSPS) is 12.6. The summed E-state index contributed by atoms with van der Waals surface area (Å²) in [6, 6.07) is 16.8. The molecule has 7 heteroatoms. The molecule has 0 aliphatic heterocycles. The molecule has 0 amide bonds. The molecule has 146 valence electrons. The minimum Gasteiger partial charge on any atom is -0.508 e. The van der Waals surface area contributed by atoms with Gasteiger partial charge in [-0.2, -0.15) is 5.10 Å². The molecular formula is C21H24ClN5O. The molecule has 2 aromatic carbocycles. The van der Waals surface area contributed by atoms with E-state index in [-0.39, 0.29) is 11.8 Å². The van der Waals surface area contributed by atoms with E-state index in [1.807, 2.05) is 60.3 Å². The van der Waals surface area contributed by atoms with Crippen molar-refractivity contribution in [2.24, 2.45) is 4.99 Å². The molecule has 1 atom stereocenters. The Bertz CT molecular complexity index is 893. The molecule has 0 saturated heterocycles. The SMILES string of the molecule is CCNC(=NCc1cccc(O)c1)NCC(c1ccc(Cl)cc1)n1cccn1. The van der Waals surface area contributed by atoms with Crippen molar-refractivity contribution in [1.82, 2.24) is 20.4 Å². The van der Waals surface area contributed by atoms with Gasteiger partial charge >= 0.3 is 0 Å². The molecule has 28 heavy (non-hydrogen) atoms. The van der Waals surface area contributed by atoms with Crippen LogP contribution < -0.4 is 10.6 Å². The first-order chi connectivity index (χ1) is 13.7. The van der Waals surface area contributed by atoms with Crippen LogP contribution in [0.2, 0.25) is 5.02 Å². The maximum Gasteiger partial charge on any atom is 0.191 e. The number of rotatable bonds is 7. The lowest BCUT2D eigenvalue weighted by atomic mass is 10.1. The van der Waals surface area contributed by atoms with Crippen molar-refractivity contribution < 1.29 is 5.11 Å². The predicted octanol–water partition coefficient (Wildman–Crippen LogP) is 3.59. The number of nitrogens with one attached hydrogen (secondary N) is 2. The third-order valence-electron chi connectivity index (χ3n) is 4.24. The van der Waals surface area contributed by atoms with Crippen LogP contribution in [0.4, 0.5) is 0 Å². The molecule has 3 rings (SSSR count). The number of halogens is 1. The van der Waals surface area contributed by atoms with E-state index in [2.05, 4.69) is 20.7 Å². The van der Waals surface area contributed by atoms with Crippen molar-refractivity contribution in [2.75, 3.05) is 13.1 Å². The van der Waals surface area contributed by atoms with Gasteiger partial charge in [-0.3, -0.25) is 4.68 Å². The molecule has 0 spiro atoms. The Morgan fingerprint density at radius 2 is 2.00 bits per heavy atom. The fourth-order valence-electron chi connectivity index (χ4n) is 2.87. The lowest BCUT2D eigenvalue weighted by Crippen LogP contribution is -2.40. The maximum absolute atomic E-state index is 9.61. The van der Waals surface area contributed by atoms with E-state index >= 15 is 0 Å². The van der Waals surface area contributed by atoms with Crippen LogP contribution in [0.5, 0.6) is 5.75 Å². The highest BCUT2D eigenvalue weighted by Gasteiger charge is 2.15. The van der Waals surface area contributed by atoms with Gasteiger partial charge in [0.2, 0.25) is 0 Å². The second-order valence-corrected chi connectivity index (χ2v) is 6.74. The largest absolute Gasteiger partial charge is 0.508 e. The molecule has 0 radical (unpaired) electrons. The van der Waals surface area contributed by atoms with Gasteiger partial charge in [-0.05, 0) is 48.4 Å². The molecule has 3 aromatic rings. The Hall–Kier alpha value is -2.99. The fourth-order valence-corrected chi connectivity index (χ4v) is 3.00. The standard InChI is InChI=1S/C21H24ClN5O/c1-2-23-21(24-14-16-5-3-6-19(28)13-16)25-15-20(27-12-4-11-26-27)17-7-9-18(22)10-8-17/h3-13,20,28H,2,14-15H2,1H3,(H2,23,24,25).